The maximum Gasteiger partial charge on any atom is -1.00 e. The number of halogens is 2. The van der Waals surface area contributed by atoms with Crippen LogP contribution in [-0.2, 0) is 23.8 Å². The summed E-state index contributed by atoms with van der Waals surface area (Å²) in [4.78, 5) is 0. The number of hydrogen-bond donors (Lipinski definition) is 0. The minimum Gasteiger partial charge on any atom is -1.00 e. The molecule has 0 amide bonds. The molecule has 2 aromatic carbocycles. The molecule has 0 nitrogen and oxygen atoms in total. The Morgan fingerprint density at radius 1 is 0.778 bits per heavy atom. The SMILES string of the molecule is C1=CC[C]([Ti+2](=[C]2CCCCC2)[c]2cccc3c2Cc2ccccc2-3)=C1.[Cl-].[Cl-]. The van der Waals surface area contributed by atoms with E-state index in [1.165, 1.54) is 55.2 Å². The Bertz CT molecular complexity index is 929. The van der Waals surface area contributed by atoms with Crippen LogP contribution in [0.25, 0.3) is 11.1 Å². The molecule has 3 aliphatic rings. The van der Waals surface area contributed by atoms with E-state index < -0.39 is 17.4 Å². The Hall–Kier alpha value is -0.916. The van der Waals surface area contributed by atoms with Gasteiger partial charge in [0.1, 0.15) is 0 Å². The van der Waals surface area contributed by atoms with Crippen LogP contribution in [0.1, 0.15) is 49.7 Å². The molecule has 0 saturated heterocycles. The van der Waals surface area contributed by atoms with E-state index >= 15 is 0 Å². The summed E-state index contributed by atoms with van der Waals surface area (Å²) in [6.07, 6.45) is 16.5. The molecular weight excluding hydrogens is 407 g/mol. The Morgan fingerprint density at radius 3 is 2.33 bits per heavy atom. The van der Waals surface area contributed by atoms with Crippen LogP contribution in [0.3, 0.4) is 0 Å². The van der Waals surface area contributed by atoms with E-state index in [1.54, 1.807) is 13.3 Å². The van der Waals surface area contributed by atoms with Crippen LogP contribution in [0.2, 0.25) is 0 Å². The summed E-state index contributed by atoms with van der Waals surface area (Å²) in [6, 6.07) is 16.2. The molecule has 0 bridgehead atoms. The zero-order valence-corrected chi connectivity index (χ0v) is 18.6. The molecule has 3 heteroatoms. The molecule has 0 heterocycles. The summed E-state index contributed by atoms with van der Waals surface area (Å²) in [5.41, 5.74) is 6.17. The molecule has 2 aromatic rings. The van der Waals surface area contributed by atoms with Crippen LogP contribution in [0.5, 0.6) is 0 Å². The second-order valence-corrected chi connectivity index (χ2v) is 11.6. The molecule has 0 unspecified atom stereocenters. The van der Waals surface area contributed by atoms with E-state index in [2.05, 4.69) is 60.7 Å². The third-order valence-corrected chi connectivity index (χ3v) is 11.1. The van der Waals surface area contributed by atoms with Crippen molar-refractivity contribution in [2.24, 2.45) is 0 Å². The van der Waals surface area contributed by atoms with Gasteiger partial charge in [0.25, 0.3) is 0 Å². The van der Waals surface area contributed by atoms with Crippen molar-refractivity contribution < 1.29 is 42.2 Å². The fraction of sp³-hybridized carbons (Fsp3) is 0.292. The van der Waals surface area contributed by atoms with Crippen molar-refractivity contribution in [1.29, 1.82) is 0 Å². The quantitative estimate of drug-likeness (QED) is 0.480. The van der Waals surface area contributed by atoms with Crippen LogP contribution in [-0.4, -0.2) is 3.81 Å². The standard InChI is InChI=1S/C13H9.C6H10.C5H5.2ClH.Ti/c1-3-7-12-10(5-1)9-11-6-2-4-8-13(11)12;1-2-4-6-5-3-1;1-2-4-5-3-1;;;/h1-5,7-8H,9H2;1-5H2;1-3H,4H2;2*1H;/q;;;;;+2/p-2. The smallest absolute Gasteiger partial charge is 1.00 e. The van der Waals surface area contributed by atoms with Gasteiger partial charge in [-0.05, 0) is 0 Å². The zero-order valence-electron chi connectivity index (χ0n) is 15.5. The fourth-order valence-corrected chi connectivity index (χ4v) is 10.2. The maximum absolute atomic E-state index is 2.49. The van der Waals surface area contributed by atoms with Crippen molar-refractivity contribution in [3.8, 4) is 11.1 Å². The van der Waals surface area contributed by atoms with Gasteiger partial charge in [0.2, 0.25) is 0 Å². The average Bonchev–Trinajstić information content (AvgIpc) is 3.31. The summed E-state index contributed by atoms with van der Waals surface area (Å²) in [5.74, 6) is 0. The van der Waals surface area contributed by atoms with Crippen molar-refractivity contribution in [2.75, 3.05) is 0 Å². The van der Waals surface area contributed by atoms with Crippen LogP contribution < -0.4 is 28.7 Å². The van der Waals surface area contributed by atoms with Gasteiger partial charge in [-0.15, -0.1) is 0 Å². The van der Waals surface area contributed by atoms with Gasteiger partial charge in [-0.3, -0.25) is 0 Å². The number of hydrogen-bond acceptors (Lipinski definition) is 0. The van der Waals surface area contributed by atoms with Gasteiger partial charge in [0.15, 0.2) is 0 Å². The van der Waals surface area contributed by atoms with E-state index in [9.17, 15) is 0 Å². The molecular formula is C24H24Cl2Ti. The van der Waals surface area contributed by atoms with Crippen LogP contribution in [0.15, 0.2) is 64.6 Å². The molecule has 0 spiro atoms. The monoisotopic (exact) mass is 430 g/mol. The molecule has 0 atom stereocenters. The molecule has 1 fully saturated rings. The topological polar surface area (TPSA) is 0 Å². The summed E-state index contributed by atoms with van der Waals surface area (Å²) in [6.45, 7) is 0. The predicted molar refractivity (Wildman–Crippen MR) is 104 cm³/mol. The van der Waals surface area contributed by atoms with Crippen molar-refractivity contribution in [3.63, 3.8) is 0 Å². The summed E-state index contributed by atoms with van der Waals surface area (Å²) in [5, 5.41) is 0. The third-order valence-electron chi connectivity index (χ3n) is 6.02. The number of benzene rings is 2. The van der Waals surface area contributed by atoms with Crippen LogP contribution >= 0.6 is 0 Å². The second-order valence-electron chi connectivity index (χ2n) is 7.53. The molecule has 0 aromatic heterocycles. The molecule has 1 saturated carbocycles. The van der Waals surface area contributed by atoms with Gasteiger partial charge in [0, 0.05) is 0 Å². The van der Waals surface area contributed by atoms with E-state index in [0.717, 1.165) is 6.42 Å². The van der Waals surface area contributed by atoms with E-state index in [1.807, 2.05) is 3.81 Å². The van der Waals surface area contributed by atoms with E-state index in [4.69, 9.17) is 0 Å². The van der Waals surface area contributed by atoms with Crippen molar-refractivity contribution in [2.45, 2.75) is 44.9 Å². The minimum absolute atomic E-state index is 0. The molecule has 3 aliphatic carbocycles. The largest absolute Gasteiger partial charge is 1.00 e. The molecule has 0 N–H and O–H groups in total. The third kappa shape index (κ3) is 3.83. The normalized spacial score (nSPS) is 16.4. The number of fused-ring (bicyclic) bond motifs is 3. The fourth-order valence-electron chi connectivity index (χ4n) is 4.84. The van der Waals surface area contributed by atoms with Gasteiger partial charge >= 0.3 is 157 Å². The Labute approximate surface area is 180 Å². The van der Waals surface area contributed by atoms with Crippen molar-refractivity contribution >= 4 is 7.68 Å². The summed E-state index contributed by atoms with van der Waals surface area (Å²) < 4.78 is 5.48. The van der Waals surface area contributed by atoms with Gasteiger partial charge in [-0.25, -0.2) is 0 Å². The Balaban J connectivity index is 0.00000105. The maximum atomic E-state index is 2.49. The van der Waals surface area contributed by atoms with Gasteiger partial charge in [-0.1, -0.05) is 0 Å². The number of allylic oxidation sites excluding steroid dienone is 4. The zero-order chi connectivity index (χ0) is 16.6. The first-order chi connectivity index (χ1) is 12.4. The summed E-state index contributed by atoms with van der Waals surface area (Å²) in [7, 11) is 0. The van der Waals surface area contributed by atoms with Crippen LogP contribution in [0.4, 0.5) is 0 Å². The Kier molecular flexibility index (Phi) is 6.98. The van der Waals surface area contributed by atoms with Crippen molar-refractivity contribution in [1.82, 2.24) is 0 Å². The molecule has 0 aliphatic heterocycles. The predicted octanol–water partition coefficient (Wildman–Crippen LogP) is -0.510. The first-order valence-corrected chi connectivity index (χ1v) is 12.0. The molecule has 5 rings (SSSR count). The molecule has 27 heavy (non-hydrogen) atoms. The first-order valence-electron chi connectivity index (χ1n) is 9.70. The Morgan fingerprint density at radius 2 is 1.56 bits per heavy atom. The second kappa shape index (κ2) is 9.06. The molecule has 138 valence electrons. The molecule has 0 radical (unpaired) electrons. The average molecular weight is 431 g/mol. The van der Waals surface area contributed by atoms with Gasteiger partial charge in [-0.2, -0.15) is 0 Å². The van der Waals surface area contributed by atoms with E-state index in [0.29, 0.717) is 0 Å². The first kappa shape index (κ1) is 20.8. The summed E-state index contributed by atoms with van der Waals surface area (Å²) >= 11 is -1.53. The minimum atomic E-state index is -1.53. The van der Waals surface area contributed by atoms with E-state index in [-0.39, 0.29) is 24.8 Å². The number of rotatable bonds is 2. The van der Waals surface area contributed by atoms with Gasteiger partial charge in [0.05, 0.1) is 0 Å². The van der Waals surface area contributed by atoms with Gasteiger partial charge < -0.3 is 24.8 Å². The van der Waals surface area contributed by atoms with Crippen LogP contribution in [0, 0.1) is 0 Å². The van der Waals surface area contributed by atoms with Crippen molar-refractivity contribution in [3.05, 3.63) is 75.7 Å².